The number of imidazole rings is 1. The van der Waals surface area contributed by atoms with Gasteiger partial charge in [0.2, 0.25) is 0 Å². The number of ether oxygens (including phenoxy) is 1. The topological polar surface area (TPSA) is 61.5 Å². The molecule has 1 N–H and O–H groups in total. The quantitative estimate of drug-likeness (QED) is 0.628. The largest absolute Gasteiger partial charge is 0.491 e. The molecule has 0 spiro atoms. The first-order chi connectivity index (χ1) is 15.0. The SMILES string of the molecule is Cc1nc2ccc(-c3cc(C)c4c(c3)CN(C(=O)N3CC5CCC3C5)CCO4)cc2[nH]1. The van der Waals surface area contributed by atoms with Gasteiger partial charge in [0.15, 0.2) is 0 Å². The van der Waals surface area contributed by atoms with Crippen molar-refractivity contribution < 1.29 is 9.53 Å². The lowest BCUT2D eigenvalue weighted by Crippen LogP contribution is -2.47. The molecule has 1 aliphatic carbocycles. The molecule has 3 heterocycles. The summed E-state index contributed by atoms with van der Waals surface area (Å²) < 4.78 is 6.12. The summed E-state index contributed by atoms with van der Waals surface area (Å²) in [5.74, 6) is 2.56. The second-order valence-electron chi connectivity index (χ2n) is 9.37. The van der Waals surface area contributed by atoms with Crippen LogP contribution in [0.1, 0.15) is 36.2 Å². The molecule has 3 aliphatic rings. The highest BCUT2D eigenvalue weighted by Crippen LogP contribution is 2.39. The van der Waals surface area contributed by atoms with Crippen molar-refractivity contribution in [2.45, 2.75) is 45.7 Å². The number of benzene rings is 2. The predicted octanol–water partition coefficient (Wildman–Crippen LogP) is 4.65. The number of H-pyrrole nitrogens is 1. The normalized spacial score (nSPS) is 22.5. The first-order valence-electron chi connectivity index (χ1n) is 11.3. The van der Waals surface area contributed by atoms with Crippen LogP contribution < -0.4 is 4.74 Å². The molecule has 6 heteroatoms. The van der Waals surface area contributed by atoms with E-state index >= 15 is 0 Å². The lowest BCUT2D eigenvalue weighted by Gasteiger charge is -2.32. The lowest BCUT2D eigenvalue weighted by atomic mass is 9.98. The zero-order valence-electron chi connectivity index (χ0n) is 18.1. The number of nitrogens with one attached hydrogen (secondary N) is 1. The molecule has 2 bridgehead atoms. The molecule has 3 aromatic rings. The minimum absolute atomic E-state index is 0.182. The van der Waals surface area contributed by atoms with Gasteiger partial charge in [0.25, 0.3) is 0 Å². The van der Waals surface area contributed by atoms with Gasteiger partial charge in [-0.1, -0.05) is 6.07 Å². The van der Waals surface area contributed by atoms with Gasteiger partial charge in [0, 0.05) is 18.2 Å². The molecule has 6 nitrogen and oxygen atoms in total. The van der Waals surface area contributed by atoms with E-state index in [0.29, 0.717) is 31.7 Å². The number of piperidine rings is 1. The Balaban J connectivity index is 1.32. The van der Waals surface area contributed by atoms with Crippen molar-refractivity contribution in [3.63, 3.8) is 0 Å². The number of aromatic nitrogens is 2. The van der Waals surface area contributed by atoms with E-state index in [1.54, 1.807) is 0 Å². The standard InChI is InChI=1S/C25H28N4O2/c1-15-9-19(18-4-6-22-23(12-18)27-16(2)26-22)11-20-14-28(7-8-31-24(15)20)25(30)29-13-17-3-5-21(29)10-17/h4,6,9,11-12,17,21H,3,5,7-8,10,13-14H2,1-2H3,(H,26,27). The van der Waals surface area contributed by atoms with Crippen molar-refractivity contribution in [3.05, 3.63) is 47.3 Å². The minimum Gasteiger partial charge on any atom is -0.491 e. The number of aryl methyl sites for hydroxylation is 2. The Hall–Kier alpha value is -3.02. The van der Waals surface area contributed by atoms with E-state index in [2.05, 4.69) is 52.1 Å². The molecule has 2 atom stereocenters. The van der Waals surface area contributed by atoms with E-state index < -0.39 is 0 Å². The summed E-state index contributed by atoms with van der Waals surface area (Å²) in [7, 11) is 0. The van der Waals surface area contributed by atoms with Gasteiger partial charge in [0.05, 0.1) is 24.1 Å². The monoisotopic (exact) mass is 416 g/mol. The van der Waals surface area contributed by atoms with Gasteiger partial charge >= 0.3 is 6.03 Å². The van der Waals surface area contributed by atoms with Crippen LogP contribution in [-0.4, -0.2) is 51.5 Å². The number of hydrogen-bond acceptors (Lipinski definition) is 3. The van der Waals surface area contributed by atoms with Crippen LogP contribution in [0.3, 0.4) is 0 Å². The van der Waals surface area contributed by atoms with E-state index in [1.165, 1.54) is 12.8 Å². The predicted molar refractivity (Wildman–Crippen MR) is 120 cm³/mol. The molecular formula is C25H28N4O2. The molecule has 2 unspecified atom stereocenters. The average Bonchev–Trinajstić information content (AvgIpc) is 3.44. The van der Waals surface area contributed by atoms with E-state index in [9.17, 15) is 4.79 Å². The summed E-state index contributed by atoms with van der Waals surface area (Å²) >= 11 is 0. The van der Waals surface area contributed by atoms with Gasteiger partial charge in [0.1, 0.15) is 18.2 Å². The van der Waals surface area contributed by atoms with Crippen LogP contribution in [0.2, 0.25) is 0 Å². The van der Waals surface area contributed by atoms with Crippen molar-refractivity contribution in [2.75, 3.05) is 19.7 Å². The lowest BCUT2D eigenvalue weighted by molar-refractivity contribution is 0.132. The third kappa shape index (κ3) is 3.16. The number of nitrogens with zero attached hydrogens (tertiary/aromatic N) is 3. The van der Waals surface area contributed by atoms with Crippen molar-refractivity contribution in [1.29, 1.82) is 0 Å². The van der Waals surface area contributed by atoms with Crippen molar-refractivity contribution in [2.24, 2.45) is 5.92 Å². The minimum atomic E-state index is 0.182. The molecule has 2 aliphatic heterocycles. The molecule has 2 fully saturated rings. The van der Waals surface area contributed by atoms with Crippen molar-refractivity contribution in [1.82, 2.24) is 19.8 Å². The number of likely N-dealkylation sites (tertiary alicyclic amines) is 1. The van der Waals surface area contributed by atoms with Crippen LogP contribution in [0.15, 0.2) is 30.3 Å². The average molecular weight is 417 g/mol. The molecule has 2 amide bonds. The molecule has 160 valence electrons. The van der Waals surface area contributed by atoms with Crippen LogP contribution in [0, 0.1) is 19.8 Å². The molecule has 1 saturated heterocycles. The summed E-state index contributed by atoms with van der Waals surface area (Å²) in [6.45, 7) is 6.77. The third-order valence-corrected chi connectivity index (χ3v) is 7.18. The van der Waals surface area contributed by atoms with E-state index in [-0.39, 0.29) is 6.03 Å². The summed E-state index contributed by atoms with van der Waals surface area (Å²) in [5, 5.41) is 0. The fraction of sp³-hybridized carbons (Fsp3) is 0.440. The van der Waals surface area contributed by atoms with E-state index in [0.717, 1.165) is 57.8 Å². The third-order valence-electron chi connectivity index (χ3n) is 7.18. The number of carbonyl (C=O) groups is 1. The Morgan fingerprint density at radius 2 is 2.06 bits per heavy atom. The van der Waals surface area contributed by atoms with Gasteiger partial charge < -0.3 is 19.5 Å². The Kier molecular flexibility index (Phi) is 4.23. The van der Waals surface area contributed by atoms with Crippen LogP contribution in [-0.2, 0) is 6.54 Å². The number of urea groups is 1. The van der Waals surface area contributed by atoms with Crippen LogP contribution >= 0.6 is 0 Å². The smallest absolute Gasteiger partial charge is 0.320 e. The Morgan fingerprint density at radius 1 is 1.16 bits per heavy atom. The van der Waals surface area contributed by atoms with Crippen molar-refractivity contribution >= 4 is 17.1 Å². The molecule has 6 rings (SSSR count). The fourth-order valence-electron chi connectivity index (χ4n) is 5.70. The molecular weight excluding hydrogens is 388 g/mol. The maximum atomic E-state index is 13.3. The Morgan fingerprint density at radius 3 is 2.87 bits per heavy atom. The molecule has 2 aromatic carbocycles. The number of rotatable bonds is 1. The van der Waals surface area contributed by atoms with Gasteiger partial charge in [-0.05, 0) is 80.0 Å². The van der Waals surface area contributed by atoms with Gasteiger partial charge in [-0.15, -0.1) is 0 Å². The number of amides is 2. The van der Waals surface area contributed by atoms with E-state index in [4.69, 9.17) is 4.74 Å². The first-order valence-corrected chi connectivity index (χ1v) is 11.3. The van der Waals surface area contributed by atoms with Crippen LogP contribution in [0.5, 0.6) is 5.75 Å². The van der Waals surface area contributed by atoms with Crippen molar-refractivity contribution in [3.8, 4) is 16.9 Å². The maximum absolute atomic E-state index is 13.3. The number of fused-ring (bicyclic) bond motifs is 4. The van der Waals surface area contributed by atoms with Gasteiger partial charge in [-0.25, -0.2) is 9.78 Å². The van der Waals surface area contributed by atoms with Gasteiger partial charge in [-0.3, -0.25) is 0 Å². The second kappa shape index (κ2) is 7.01. The second-order valence-corrected chi connectivity index (χ2v) is 9.37. The summed E-state index contributed by atoms with van der Waals surface area (Å²) in [6, 6.07) is 11.3. The highest BCUT2D eigenvalue weighted by Gasteiger charge is 2.42. The Bertz CT molecular complexity index is 1180. The number of aromatic amines is 1. The van der Waals surface area contributed by atoms with Crippen LogP contribution in [0.4, 0.5) is 4.79 Å². The highest BCUT2D eigenvalue weighted by molar-refractivity contribution is 5.82. The van der Waals surface area contributed by atoms with E-state index in [1.807, 2.05) is 11.8 Å². The molecule has 1 aromatic heterocycles. The molecule has 1 saturated carbocycles. The molecule has 0 radical (unpaired) electrons. The van der Waals surface area contributed by atoms with Gasteiger partial charge in [-0.2, -0.15) is 0 Å². The number of carbonyl (C=O) groups excluding carboxylic acids is 1. The summed E-state index contributed by atoms with van der Waals surface area (Å²) in [5.41, 5.74) is 6.51. The molecule has 31 heavy (non-hydrogen) atoms. The Labute approximate surface area is 182 Å². The first kappa shape index (κ1) is 18.7. The summed E-state index contributed by atoms with van der Waals surface area (Å²) in [4.78, 5) is 25.3. The maximum Gasteiger partial charge on any atom is 0.320 e. The number of hydrogen-bond donors (Lipinski definition) is 1. The summed E-state index contributed by atoms with van der Waals surface area (Å²) in [6.07, 6.45) is 3.63. The zero-order chi connectivity index (χ0) is 21.1. The zero-order valence-corrected chi connectivity index (χ0v) is 18.1. The van der Waals surface area contributed by atoms with Crippen LogP contribution in [0.25, 0.3) is 22.2 Å². The fourth-order valence-corrected chi connectivity index (χ4v) is 5.70. The highest BCUT2D eigenvalue weighted by atomic mass is 16.5.